The molecule has 2 aromatic heterocycles. The van der Waals surface area contributed by atoms with Crippen LogP contribution in [-0.2, 0) is 24.9 Å². The molecule has 1 atom stereocenters. The van der Waals surface area contributed by atoms with Gasteiger partial charge in [-0.25, -0.2) is 9.38 Å². The average Bonchev–Trinajstić information content (AvgIpc) is 3.27. The molecule has 2 aromatic rings. The lowest BCUT2D eigenvalue weighted by atomic mass is 10.2. The van der Waals surface area contributed by atoms with Crippen molar-refractivity contribution in [1.82, 2.24) is 30.4 Å². The van der Waals surface area contributed by atoms with E-state index in [1.807, 2.05) is 18.5 Å². The normalized spacial score (nSPS) is 16.9. The van der Waals surface area contributed by atoms with Gasteiger partial charge in [-0.05, 0) is 31.9 Å². The summed E-state index contributed by atoms with van der Waals surface area (Å²) in [6.07, 6.45) is 3.83. The van der Waals surface area contributed by atoms with E-state index in [1.165, 1.54) is 6.07 Å². The lowest BCUT2D eigenvalue weighted by Gasteiger charge is -2.15. The van der Waals surface area contributed by atoms with Crippen LogP contribution in [0.1, 0.15) is 30.2 Å². The fourth-order valence-electron chi connectivity index (χ4n) is 2.65. The third-order valence-corrected chi connectivity index (χ3v) is 4.34. The molecule has 0 spiro atoms. The van der Waals surface area contributed by atoms with Crippen LogP contribution in [-0.4, -0.2) is 45.0 Å². The van der Waals surface area contributed by atoms with Crippen LogP contribution in [0.15, 0.2) is 23.3 Å². The summed E-state index contributed by atoms with van der Waals surface area (Å²) in [4.78, 5) is 8.48. The number of hydrogen-bond donors (Lipinski definition) is 2. The van der Waals surface area contributed by atoms with Gasteiger partial charge in [0.15, 0.2) is 11.8 Å². The largest absolute Gasteiger partial charge is 0.376 e. The number of nitrogens with one attached hydrogen (secondary N) is 2. The van der Waals surface area contributed by atoms with Gasteiger partial charge in [0.2, 0.25) is 0 Å². The molecule has 0 aromatic carbocycles. The number of nitrogens with zero attached hydrogens (tertiary/aromatic N) is 5. The van der Waals surface area contributed by atoms with Gasteiger partial charge in [0, 0.05) is 26.4 Å². The second-order valence-electron chi connectivity index (χ2n) is 6.19. The molecule has 148 valence electrons. The van der Waals surface area contributed by atoms with Gasteiger partial charge in [-0.2, -0.15) is 0 Å². The number of hydrogen-bond acceptors (Lipinski definition) is 5. The summed E-state index contributed by atoms with van der Waals surface area (Å²) >= 11 is 0. The van der Waals surface area contributed by atoms with Crippen molar-refractivity contribution in [3.8, 4) is 0 Å². The van der Waals surface area contributed by atoms with Gasteiger partial charge in [0.1, 0.15) is 11.6 Å². The zero-order valence-electron chi connectivity index (χ0n) is 15.5. The Hall–Kier alpha value is -1.82. The number of pyridine rings is 1. The molecule has 0 saturated carbocycles. The van der Waals surface area contributed by atoms with Crippen molar-refractivity contribution in [2.45, 2.75) is 39.0 Å². The van der Waals surface area contributed by atoms with E-state index in [9.17, 15) is 4.39 Å². The highest BCUT2D eigenvalue weighted by atomic mass is 127. The van der Waals surface area contributed by atoms with E-state index in [-0.39, 0.29) is 42.4 Å². The molecule has 1 aliphatic rings. The van der Waals surface area contributed by atoms with E-state index in [2.05, 4.69) is 30.8 Å². The molecule has 0 bridgehead atoms. The minimum atomic E-state index is -0.362. The third-order valence-electron chi connectivity index (χ3n) is 4.34. The summed E-state index contributed by atoms with van der Waals surface area (Å²) in [6.45, 7) is 3.94. The predicted octanol–water partition coefficient (Wildman–Crippen LogP) is 1.69. The van der Waals surface area contributed by atoms with E-state index in [0.717, 1.165) is 31.1 Å². The molecule has 8 nitrogen and oxygen atoms in total. The van der Waals surface area contributed by atoms with Crippen LogP contribution in [0.5, 0.6) is 0 Å². The van der Waals surface area contributed by atoms with Crippen LogP contribution in [0.4, 0.5) is 4.39 Å². The number of aryl methyl sites for hydroxylation is 1. The lowest BCUT2D eigenvalue weighted by Crippen LogP contribution is -2.41. The highest BCUT2D eigenvalue weighted by molar-refractivity contribution is 14.0. The van der Waals surface area contributed by atoms with Gasteiger partial charge in [0.05, 0.1) is 24.9 Å². The molecule has 1 aliphatic heterocycles. The van der Waals surface area contributed by atoms with Gasteiger partial charge in [0.25, 0.3) is 0 Å². The highest BCUT2D eigenvalue weighted by Crippen LogP contribution is 2.10. The molecule has 0 radical (unpaired) electrons. The smallest absolute Gasteiger partial charge is 0.192 e. The maximum Gasteiger partial charge on any atom is 0.192 e. The first-order valence-electron chi connectivity index (χ1n) is 8.71. The van der Waals surface area contributed by atoms with Gasteiger partial charge in [-0.3, -0.25) is 4.98 Å². The summed E-state index contributed by atoms with van der Waals surface area (Å²) in [7, 11) is 1.91. The maximum absolute atomic E-state index is 13.8. The summed E-state index contributed by atoms with van der Waals surface area (Å²) < 4.78 is 21.3. The molecular weight excluding hydrogens is 464 g/mol. The highest BCUT2D eigenvalue weighted by Gasteiger charge is 2.16. The maximum atomic E-state index is 13.8. The summed E-state index contributed by atoms with van der Waals surface area (Å²) in [5.41, 5.74) is 0.306. The predicted molar refractivity (Wildman–Crippen MR) is 110 cm³/mol. The number of guanidine groups is 1. The van der Waals surface area contributed by atoms with Crippen molar-refractivity contribution in [2.24, 2.45) is 12.0 Å². The van der Waals surface area contributed by atoms with Crippen LogP contribution in [0.25, 0.3) is 0 Å². The number of aliphatic imine (C=N–C) groups is 1. The van der Waals surface area contributed by atoms with Gasteiger partial charge in [-0.1, -0.05) is 0 Å². The molecule has 3 rings (SSSR count). The first-order chi connectivity index (χ1) is 12.6. The topological polar surface area (TPSA) is 89.2 Å². The second-order valence-corrected chi connectivity index (χ2v) is 6.19. The Morgan fingerprint density at radius 1 is 1.41 bits per heavy atom. The van der Waals surface area contributed by atoms with Crippen LogP contribution in [0.2, 0.25) is 0 Å². The van der Waals surface area contributed by atoms with E-state index in [1.54, 1.807) is 12.3 Å². The Morgan fingerprint density at radius 2 is 2.26 bits per heavy atom. The van der Waals surface area contributed by atoms with Crippen molar-refractivity contribution in [2.75, 3.05) is 13.2 Å². The second kappa shape index (κ2) is 10.5. The summed E-state index contributed by atoms with van der Waals surface area (Å²) in [6, 6.07) is 2.95. The minimum Gasteiger partial charge on any atom is -0.376 e. The van der Waals surface area contributed by atoms with E-state index >= 15 is 0 Å². The minimum absolute atomic E-state index is 0. The molecule has 1 fully saturated rings. The summed E-state index contributed by atoms with van der Waals surface area (Å²) in [5.74, 6) is 1.83. The SMILES string of the molecule is Cc1nnc(CNC(=NCc2ncccc2F)NCC2CCCO2)n1C.I. The first kappa shape index (κ1) is 21.5. The molecule has 1 unspecified atom stereocenters. The fourth-order valence-corrected chi connectivity index (χ4v) is 2.65. The van der Waals surface area contributed by atoms with E-state index < -0.39 is 0 Å². The number of rotatable bonds is 6. The van der Waals surface area contributed by atoms with Gasteiger partial charge >= 0.3 is 0 Å². The molecule has 3 heterocycles. The van der Waals surface area contributed by atoms with Gasteiger partial charge < -0.3 is 19.9 Å². The van der Waals surface area contributed by atoms with Crippen LogP contribution in [0.3, 0.4) is 0 Å². The average molecular weight is 489 g/mol. The third kappa shape index (κ3) is 6.09. The lowest BCUT2D eigenvalue weighted by molar-refractivity contribution is 0.113. The van der Waals surface area contributed by atoms with E-state index in [4.69, 9.17) is 4.74 Å². The van der Waals surface area contributed by atoms with Crippen molar-refractivity contribution < 1.29 is 9.13 Å². The first-order valence-corrected chi connectivity index (χ1v) is 8.71. The molecule has 10 heteroatoms. The molecule has 0 aliphatic carbocycles. The Morgan fingerprint density at radius 3 is 2.93 bits per heavy atom. The molecule has 1 saturated heterocycles. The number of aromatic nitrogens is 4. The van der Waals surface area contributed by atoms with E-state index in [0.29, 0.717) is 24.7 Å². The Kier molecular flexibility index (Phi) is 8.35. The zero-order chi connectivity index (χ0) is 18.4. The van der Waals surface area contributed by atoms with Crippen molar-refractivity contribution in [3.05, 3.63) is 41.5 Å². The van der Waals surface area contributed by atoms with Crippen molar-refractivity contribution >= 4 is 29.9 Å². The van der Waals surface area contributed by atoms with Crippen LogP contribution in [0, 0.1) is 12.7 Å². The molecular formula is C17H25FIN7O. The number of ether oxygens (including phenoxy) is 1. The molecule has 0 amide bonds. The monoisotopic (exact) mass is 489 g/mol. The van der Waals surface area contributed by atoms with Crippen molar-refractivity contribution in [1.29, 1.82) is 0 Å². The zero-order valence-corrected chi connectivity index (χ0v) is 17.8. The van der Waals surface area contributed by atoms with Crippen LogP contribution < -0.4 is 10.6 Å². The Labute approximate surface area is 175 Å². The number of halogens is 2. The molecule has 2 N–H and O–H groups in total. The standard InChI is InChI=1S/C17H24FN7O.HI/c1-12-23-24-16(25(12)2)11-22-17(20-9-13-5-4-8-26-13)21-10-15-14(18)6-3-7-19-15;/h3,6-7,13H,4-5,8-11H2,1-2H3,(H2,20,21,22);1H. The molecule has 27 heavy (non-hydrogen) atoms. The Balaban J connectivity index is 0.00000261. The van der Waals surface area contributed by atoms with Crippen molar-refractivity contribution in [3.63, 3.8) is 0 Å². The fraction of sp³-hybridized carbons (Fsp3) is 0.529. The summed E-state index contributed by atoms with van der Waals surface area (Å²) in [5, 5.41) is 14.6. The van der Waals surface area contributed by atoms with Crippen LogP contribution >= 0.6 is 24.0 Å². The van der Waals surface area contributed by atoms with Gasteiger partial charge in [-0.15, -0.1) is 34.2 Å². The Bertz CT molecular complexity index is 761. The quantitative estimate of drug-likeness (QED) is 0.365.